The van der Waals surface area contributed by atoms with Gasteiger partial charge in [0.05, 0.1) is 11.6 Å². The lowest BCUT2D eigenvalue weighted by atomic mass is 10.1. The van der Waals surface area contributed by atoms with Crippen LogP contribution < -0.4 is 0 Å². The number of hydrogen-bond donors (Lipinski definition) is 0. The Morgan fingerprint density at radius 1 is 1.24 bits per heavy atom. The Morgan fingerprint density at radius 3 is 2.88 bits per heavy atom. The van der Waals surface area contributed by atoms with Crippen molar-refractivity contribution < 1.29 is 0 Å². The standard InChI is InChI=1S/C12H9ClN4/c13-6-10-5-9-3-1-2-4-11(9)12(16-10)17-8-14-7-15-17/h1-5,7-8H,6H2. The van der Waals surface area contributed by atoms with Crippen molar-refractivity contribution in [3.63, 3.8) is 0 Å². The van der Waals surface area contributed by atoms with Gasteiger partial charge >= 0.3 is 0 Å². The van der Waals surface area contributed by atoms with Crippen LogP contribution in [0.3, 0.4) is 0 Å². The van der Waals surface area contributed by atoms with Crippen LogP contribution in [0.2, 0.25) is 0 Å². The molecule has 0 spiro atoms. The zero-order chi connectivity index (χ0) is 11.7. The quantitative estimate of drug-likeness (QED) is 0.651. The highest BCUT2D eigenvalue weighted by molar-refractivity contribution is 6.17. The summed E-state index contributed by atoms with van der Waals surface area (Å²) < 4.78 is 1.65. The first-order chi connectivity index (χ1) is 8.38. The first-order valence-electron chi connectivity index (χ1n) is 5.18. The Morgan fingerprint density at radius 2 is 2.12 bits per heavy atom. The molecule has 5 heteroatoms. The molecule has 17 heavy (non-hydrogen) atoms. The normalized spacial score (nSPS) is 10.9. The van der Waals surface area contributed by atoms with E-state index in [4.69, 9.17) is 11.6 Å². The van der Waals surface area contributed by atoms with Crippen LogP contribution in [0.4, 0.5) is 0 Å². The molecule has 3 rings (SSSR count). The molecule has 0 atom stereocenters. The van der Waals surface area contributed by atoms with E-state index in [0.717, 1.165) is 22.3 Å². The van der Waals surface area contributed by atoms with Crippen molar-refractivity contribution in [2.24, 2.45) is 0 Å². The first kappa shape index (κ1) is 10.2. The number of rotatable bonds is 2. The maximum atomic E-state index is 5.85. The molecule has 0 radical (unpaired) electrons. The van der Waals surface area contributed by atoms with Gasteiger partial charge in [0.1, 0.15) is 12.7 Å². The van der Waals surface area contributed by atoms with Gasteiger partial charge in [-0.1, -0.05) is 24.3 Å². The van der Waals surface area contributed by atoms with Crippen LogP contribution in [0.15, 0.2) is 43.0 Å². The summed E-state index contributed by atoms with van der Waals surface area (Å²) in [6.45, 7) is 0. The minimum absolute atomic E-state index is 0.381. The highest BCUT2D eigenvalue weighted by Gasteiger charge is 2.07. The highest BCUT2D eigenvalue weighted by Crippen LogP contribution is 2.21. The molecule has 0 aliphatic rings. The van der Waals surface area contributed by atoms with Gasteiger partial charge in [0.15, 0.2) is 5.82 Å². The molecule has 0 amide bonds. The predicted molar refractivity (Wildman–Crippen MR) is 66.2 cm³/mol. The van der Waals surface area contributed by atoms with E-state index in [1.54, 1.807) is 11.0 Å². The van der Waals surface area contributed by atoms with Crippen molar-refractivity contribution >= 4 is 22.4 Å². The van der Waals surface area contributed by atoms with Gasteiger partial charge in [0.2, 0.25) is 0 Å². The average Bonchev–Trinajstić information content (AvgIpc) is 2.91. The lowest BCUT2D eigenvalue weighted by Crippen LogP contribution is -2.01. The fourth-order valence-corrected chi connectivity index (χ4v) is 1.93. The summed E-state index contributed by atoms with van der Waals surface area (Å²) in [7, 11) is 0. The van der Waals surface area contributed by atoms with E-state index >= 15 is 0 Å². The van der Waals surface area contributed by atoms with Gasteiger partial charge in [-0.3, -0.25) is 0 Å². The topological polar surface area (TPSA) is 43.6 Å². The van der Waals surface area contributed by atoms with E-state index in [9.17, 15) is 0 Å². The van der Waals surface area contributed by atoms with Crippen LogP contribution in [0.5, 0.6) is 0 Å². The van der Waals surface area contributed by atoms with Crippen molar-refractivity contribution in [1.82, 2.24) is 19.7 Å². The van der Waals surface area contributed by atoms with Crippen molar-refractivity contribution in [2.75, 3.05) is 0 Å². The Balaban J connectivity index is 2.35. The molecule has 0 aliphatic heterocycles. The van der Waals surface area contributed by atoms with Gasteiger partial charge in [0.25, 0.3) is 0 Å². The molecule has 0 fully saturated rings. The number of nitrogens with zero attached hydrogens (tertiary/aromatic N) is 4. The van der Waals surface area contributed by atoms with Crippen LogP contribution >= 0.6 is 11.6 Å². The molecule has 0 unspecified atom stereocenters. The smallest absolute Gasteiger partial charge is 0.163 e. The van der Waals surface area contributed by atoms with Gasteiger partial charge in [-0.2, -0.15) is 5.10 Å². The van der Waals surface area contributed by atoms with Gasteiger partial charge < -0.3 is 0 Å². The van der Waals surface area contributed by atoms with Crippen LogP contribution in [-0.4, -0.2) is 19.7 Å². The summed E-state index contributed by atoms with van der Waals surface area (Å²) in [4.78, 5) is 8.43. The van der Waals surface area contributed by atoms with E-state index in [1.165, 1.54) is 6.33 Å². The Kier molecular flexibility index (Phi) is 2.49. The van der Waals surface area contributed by atoms with E-state index in [1.807, 2.05) is 30.3 Å². The molecule has 0 aliphatic carbocycles. The fraction of sp³-hybridized carbons (Fsp3) is 0.0833. The number of benzene rings is 1. The first-order valence-corrected chi connectivity index (χ1v) is 5.71. The molecule has 1 aromatic carbocycles. The monoisotopic (exact) mass is 244 g/mol. The van der Waals surface area contributed by atoms with Crippen molar-refractivity contribution in [3.05, 3.63) is 48.7 Å². The van der Waals surface area contributed by atoms with Crippen LogP contribution in [-0.2, 0) is 5.88 Å². The molecule has 0 bridgehead atoms. The van der Waals surface area contributed by atoms with E-state index in [0.29, 0.717) is 5.88 Å². The SMILES string of the molecule is ClCc1cc2ccccc2c(-n2cncn2)n1. The van der Waals surface area contributed by atoms with E-state index in [-0.39, 0.29) is 0 Å². The van der Waals surface area contributed by atoms with Gasteiger partial charge in [-0.15, -0.1) is 11.6 Å². The van der Waals surface area contributed by atoms with Crippen molar-refractivity contribution in [1.29, 1.82) is 0 Å². The van der Waals surface area contributed by atoms with Gasteiger partial charge in [0, 0.05) is 5.39 Å². The van der Waals surface area contributed by atoms with Crippen molar-refractivity contribution in [2.45, 2.75) is 5.88 Å². The molecular formula is C12H9ClN4. The van der Waals surface area contributed by atoms with E-state index in [2.05, 4.69) is 15.1 Å². The number of pyridine rings is 1. The second kappa shape index (κ2) is 4.14. The zero-order valence-electron chi connectivity index (χ0n) is 8.92. The number of alkyl halides is 1. The second-order valence-electron chi connectivity index (χ2n) is 3.63. The third-order valence-electron chi connectivity index (χ3n) is 2.55. The lowest BCUT2D eigenvalue weighted by Gasteiger charge is -2.07. The maximum Gasteiger partial charge on any atom is 0.163 e. The third kappa shape index (κ3) is 1.76. The maximum absolute atomic E-state index is 5.85. The third-order valence-corrected chi connectivity index (χ3v) is 2.82. The summed E-state index contributed by atoms with van der Waals surface area (Å²) in [5.41, 5.74) is 0.830. The largest absolute Gasteiger partial charge is 0.232 e. The number of halogens is 1. The molecule has 2 heterocycles. The summed E-state index contributed by atoms with van der Waals surface area (Å²) in [5.74, 6) is 1.14. The Hall–Kier alpha value is -1.94. The Labute approximate surface area is 103 Å². The average molecular weight is 245 g/mol. The number of hydrogen-bond acceptors (Lipinski definition) is 3. The van der Waals surface area contributed by atoms with Crippen molar-refractivity contribution in [3.8, 4) is 5.82 Å². The second-order valence-corrected chi connectivity index (χ2v) is 3.90. The number of aromatic nitrogens is 4. The zero-order valence-corrected chi connectivity index (χ0v) is 9.67. The lowest BCUT2D eigenvalue weighted by molar-refractivity contribution is 0.847. The summed E-state index contributed by atoms with van der Waals surface area (Å²) >= 11 is 5.85. The van der Waals surface area contributed by atoms with Gasteiger partial charge in [-0.25, -0.2) is 14.6 Å². The van der Waals surface area contributed by atoms with Crippen LogP contribution in [0.1, 0.15) is 5.69 Å². The highest BCUT2D eigenvalue weighted by atomic mass is 35.5. The van der Waals surface area contributed by atoms with Gasteiger partial charge in [-0.05, 0) is 11.5 Å². The molecule has 4 nitrogen and oxygen atoms in total. The molecule has 0 saturated carbocycles. The number of fused-ring (bicyclic) bond motifs is 1. The summed E-state index contributed by atoms with van der Waals surface area (Å²) in [5, 5.41) is 6.25. The molecule has 84 valence electrons. The van der Waals surface area contributed by atoms with Crippen LogP contribution in [0, 0.1) is 0 Å². The Bertz CT molecular complexity index is 649. The van der Waals surface area contributed by atoms with E-state index < -0.39 is 0 Å². The summed E-state index contributed by atoms with van der Waals surface area (Å²) in [6.07, 6.45) is 3.12. The molecule has 0 saturated heterocycles. The minimum Gasteiger partial charge on any atom is -0.232 e. The molecule has 2 aromatic heterocycles. The predicted octanol–water partition coefficient (Wildman–Crippen LogP) is 2.55. The minimum atomic E-state index is 0.381. The fourth-order valence-electron chi connectivity index (χ4n) is 1.80. The summed E-state index contributed by atoms with van der Waals surface area (Å²) in [6, 6.07) is 10.0. The molecule has 0 N–H and O–H groups in total. The molecular weight excluding hydrogens is 236 g/mol. The molecule has 3 aromatic rings. The van der Waals surface area contributed by atoms with Crippen LogP contribution in [0.25, 0.3) is 16.6 Å².